The second-order valence-corrected chi connectivity index (χ2v) is 12.0. The summed E-state index contributed by atoms with van der Waals surface area (Å²) in [6.45, 7) is 9.83. The fraction of sp³-hybridized carbons (Fsp3) is 0.548. The Balaban J connectivity index is 1.25. The molecule has 0 radical (unpaired) electrons. The first kappa shape index (κ1) is 30.8. The van der Waals surface area contributed by atoms with Crippen LogP contribution in [0.5, 0.6) is 5.75 Å². The molecule has 1 saturated heterocycles. The van der Waals surface area contributed by atoms with E-state index in [4.69, 9.17) is 28.4 Å². The number of rotatable bonds is 6. The predicted molar refractivity (Wildman–Crippen MR) is 163 cm³/mol. The van der Waals surface area contributed by atoms with E-state index in [0.29, 0.717) is 70.8 Å². The van der Waals surface area contributed by atoms with Crippen molar-refractivity contribution < 1.29 is 33.3 Å². The molecule has 0 aliphatic carbocycles. The van der Waals surface area contributed by atoms with Crippen molar-refractivity contribution in [3.05, 3.63) is 69.8 Å². The summed E-state index contributed by atoms with van der Waals surface area (Å²) in [5, 5.41) is 11.3. The lowest BCUT2D eigenvalue weighted by Gasteiger charge is -2.47. The zero-order valence-electron chi connectivity index (χ0n) is 24.3. The minimum atomic E-state index is -0.774. The molecule has 1 spiro atoms. The Bertz CT molecular complexity index is 1230. The lowest BCUT2D eigenvalue weighted by molar-refractivity contribution is -0.384. The predicted octanol–water partition coefficient (Wildman–Crippen LogP) is 4.69. The van der Waals surface area contributed by atoms with Crippen LogP contribution in [-0.2, 0) is 29.1 Å². The van der Waals surface area contributed by atoms with E-state index in [0.717, 1.165) is 23.7 Å². The van der Waals surface area contributed by atoms with E-state index in [9.17, 15) is 10.1 Å². The first-order chi connectivity index (χ1) is 20.4. The van der Waals surface area contributed by atoms with Crippen LogP contribution in [0.3, 0.4) is 0 Å². The van der Waals surface area contributed by atoms with Gasteiger partial charge in [-0.1, -0.05) is 18.2 Å². The molecule has 5 rings (SSSR count). The molecule has 0 amide bonds. The van der Waals surface area contributed by atoms with Gasteiger partial charge in [0, 0.05) is 41.4 Å². The second-order valence-electron chi connectivity index (χ2n) is 10.9. The van der Waals surface area contributed by atoms with Crippen molar-refractivity contribution in [2.24, 2.45) is 0 Å². The summed E-state index contributed by atoms with van der Waals surface area (Å²) < 4.78 is 35.4. The van der Waals surface area contributed by atoms with Gasteiger partial charge in [-0.05, 0) is 43.7 Å². The molecule has 228 valence electrons. The second kappa shape index (κ2) is 14.2. The third kappa shape index (κ3) is 6.77. The molecule has 1 fully saturated rings. The molecule has 3 aliphatic rings. The summed E-state index contributed by atoms with van der Waals surface area (Å²) in [7, 11) is 0. The number of nitrogens with zero attached hydrogens (tertiary/aromatic N) is 2. The summed E-state index contributed by atoms with van der Waals surface area (Å²) in [5.41, 5.74) is 1.94. The maximum Gasteiger partial charge on any atom is 0.270 e. The SMILES string of the molecule is CC1(C)c2ccccc2N(CCSCC2COCCOCCOCCOCCO2)C12C=Cc1cc([N+](=O)[O-])ccc1O2. The maximum absolute atomic E-state index is 11.3. The van der Waals surface area contributed by atoms with Crippen LogP contribution in [0.2, 0.25) is 0 Å². The van der Waals surface area contributed by atoms with Gasteiger partial charge in [-0.25, -0.2) is 0 Å². The number of anilines is 1. The number of nitro groups is 1. The van der Waals surface area contributed by atoms with Gasteiger partial charge in [0.15, 0.2) is 0 Å². The van der Waals surface area contributed by atoms with Gasteiger partial charge < -0.3 is 33.3 Å². The van der Waals surface area contributed by atoms with Crippen LogP contribution in [0.15, 0.2) is 48.5 Å². The van der Waals surface area contributed by atoms with Gasteiger partial charge in [0.1, 0.15) is 5.75 Å². The molecular weight excluding hydrogens is 560 g/mol. The molecule has 0 saturated carbocycles. The molecule has 2 aromatic carbocycles. The molecule has 2 aromatic rings. The number of thioether (sulfide) groups is 1. The number of fused-ring (bicyclic) bond motifs is 2. The average molecular weight is 601 g/mol. The minimum absolute atomic E-state index is 0.0488. The number of benzene rings is 2. The molecule has 11 heteroatoms. The van der Waals surface area contributed by atoms with Crippen LogP contribution >= 0.6 is 11.8 Å². The first-order valence-electron chi connectivity index (χ1n) is 14.5. The Morgan fingerprint density at radius 2 is 1.64 bits per heavy atom. The third-order valence-corrected chi connectivity index (χ3v) is 8.97. The Morgan fingerprint density at radius 1 is 0.952 bits per heavy atom. The fourth-order valence-corrected chi connectivity index (χ4v) is 6.59. The number of para-hydroxylation sites is 1. The Labute approximate surface area is 251 Å². The van der Waals surface area contributed by atoms with Crippen molar-refractivity contribution in [3.8, 4) is 5.75 Å². The zero-order valence-corrected chi connectivity index (χ0v) is 25.1. The quantitative estimate of drug-likeness (QED) is 0.264. The van der Waals surface area contributed by atoms with Crippen molar-refractivity contribution in [2.75, 3.05) is 82.4 Å². The van der Waals surface area contributed by atoms with Crippen molar-refractivity contribution >= 4 is 29.2 Å². The molecule has 0 aromatic heterocycles. The van der Waals surface area contributed by atoms with E-state index in [1.165, 1.54) is 11.6 Å². The van der Waals surface area contributed by atoms with Crippen LogP contribution in [0.4, 0.5) is 11.4 Å². The number of hydrogen-bond donors (Lipinski definition) is 0. The maximum atomic E-state index is 11.3. The van der Waals surface area contributed by atoms with E-state index in [1.807, 2.05) is 17.8 Å². The lowest BCUT2D eigenvalue weighted by atomic mass is 9.76. The molecule has 10 nitrogen and oxygen atoms in total. The van der Waals surface area contributed by atoms with E-state index in [-0.39, 0.29) is 22.1 Å². The first-order valence-corrected chi connectivity index (χ1v) is 15.6. The average Bonchev–Trinajstić information content (AvgIpc) is 3.15. The molecule has 3 heterocycles. The van der Waals surface area contributed by atoms with Crippen LogP contribution in [-0.4, -0.2) is 94.3 Å². The molecule has 3 aliphatic heterocycles. The molecule has 0 N–H and O–H groups in total. The van der Waals surface area contributed by atoms with E-state index < -0.39 is 5.72 Å². The van der Waals surface area contributed by atoms with Gasteiger partial charge in [-0.3, -0.25) is 10.1 Å². The highest BCUT2D eigenvalue weighted by Gasteiger charge is 2.58. The molecule has 2 unspecified atom stereocenters. The fourth-order valence-electron chi connectivity index (χ4n) is 5.65. The summed E-state index contributed by atoms with van der Waals surface area (Å²) in [5.74, 6) is 2.26. The largest absolute Gasteiger partial charge is 0.463 e. The van der Waals surface area contributed by atoms with Crippen molar-refractivity contribution in [1.82, 2.24) is 0 Å². The number of nitro benzene ring substituents is 1. The minimum Gasteiger partial charge on any atom is -0.463 e. The lowest BCUT2D eigenvalue weighted by Crippen LogP contribution is -2.60. The number of ether oxygens (including phenoxy) is 6. The monoisotopic (exact) mass is 600 g/mol. The Kier molecular flexibility index (Phi) is 10.4. The number of hydrogen-bond acceptors (Lipinski definition) is 10. The molecule has 2 atom stereocenters. The highest BCUT2D eigenvalue weighted by Crippen LogP contribution is 2.55. The van der Waals surface area contributed by atoms with E-state index in [2.05, 4.69) is 49.1 Å². The van der Waals surface area contributed by atoms with E-state index >= 15 is 0 Å². The number of non-ortho nitro benzene ring substituents is 1. The zero-order chi connectivity index (χ0) is 29.4. The highest BCUT2D eigenvalue weighted by atomic mass is 32.2. The highest BCUT2D eigenvalue weighted by molar-refractivity contribution is 7.99. The summed E-state index contributed by atoms with van der Waals surface area (Å²) >= 11 is 1.81. The van der Waals surface area contributed by atoms with Crippen LogP contribution in [0.1, 0.15) is 25.0 Å². The Morgan fingerprint density at radius 3 is 2.38 bits per heavy atom. The van der Waals surface area contributed by atoms with Crippen LogP contribution < -0.4 is 9.64 Å². The van der Waals surface area contributed by atoms with Gasteiger partial charge in [-0.15, -0.1) is 0 Å². The summed E-state index contributed by atoms with van der Waals surface area (Å²) in [6.07, 6.45) is 3.96. The van der Waals surface area contributed by atoms with Crippen LogP contribution in [0.25, 0.3) is 6.08 Å². The standard InChI is InChI=1S/C31H40N2O8S/c1-30(2)27-5-3-4-6-28(27)32(31(30)10-9-24-21-25(33(34)35)7-8-29(24)41-31)11-20-42-23-26-22-39-17-16-37-13-12-36-14-15-38-18-19-40-26/h3-10,21,26H,11-20,22-23H2,1-2H3. The van der Waals surface area contributed by atoms with Crippen LogP contribution in [0, 0.1) is 10.1 Å². The third-order valence-electron chi connectivity index (χ3n) is 7.89. The van der Waals surface area contributed by atoms with Gasteiger partial charge in [0.05, 0.1) is 75.9 Å². The van der Waals surface area contributed by atoms with Gasteiger partial charge in [0.25, 0.3) is 5.69 Å². The Hall–Kier alpha value is -2.67. The normalized spacial score (nSPS) is 24.7. The smallest absolute Gasteiger partial charge is 0.270 e. The van der Waals surface area contributed by atoms with E-state index in [1.54, 1.807) is 12.1 Å². The molecular formula is C31H40N2O8S. The summed E-state index contributed by atoms with van der Waals surface area (Å²) in [6, 6.07) is 13.2. The topological polar surface area (TPSA) is 102 Å². The van der Waals surface area contributed by atoms with Crippen molar-refractivity contribution in [3.63, 3.8) is 0 Å². The van der Waals surface area contributed by atoms with Crippen molar-refractivity contribution in [2.45, 2.75) is 31.1 Å². The van der Waals surface area contributed by atoms with Crippen molar-refractivity contribution in [1.29, 1.82) is 0 Å². The van der Waals surface area contributed by atoms with Gasteiger partial charge in [-0.2, -0.15) is 11.8 Å². The summed E-state index contributed by atoms with van der Waals surface area (Å²) in [4.78, 5) is 13.3. The van der Waals surface area contributed by atoms with Gasteiger partial charge >= 0.3 is 0 Å². The molecule has 0 bridgehead atoms. The molecule has 42 heavy (non-hydrogen) atoms. The van der Waals surface area contributed by atoms with Gasteiger partial charge in [0.2, 0.25) is 5.72 Å².